The third-order valence-corrected chi connectivity index (χ3v) is 5.72. The topological polar surface area (TPSA) is 41.7 Å². The second-order valence-electron chi connectivity index (χ2n) is 7.94. The van der Waals surface area contributed by atoms with Crippen LogP contribution in [-0.4, -0.2) is 53.3 Å². The summed E-state index contributed by atoms with van der Waals surface area (Å²) < 4.78 is 11.5. The van der Waals surface area contributed by atoms with E-state index < -0.39 is 0 Å². The van der Waals surface area contributed by atoms with E-state index in [0.29, 0.717) is 12.1 Å². The van der Waals surface area contributed by atoms with Gasteiger partial charge < -0.3 is 9.26 Å². The maximum Gasteiger partial charge on any atom is 0.138 e. The van der Waals surface area contributed by atoms with Crippen molar-refractivity contribution in [2.45, 2.75) is 52.9 Å². The van der Waals surface area contributed by atoms with Gasteiger partial charge in [-0.15, -0.1) is 0 Å². The lowest BCUT2D eigenvalue weighted by Gasteiger charge is -2.36. The van der Waals surface area contributed by atoms with Gasteiger partial charge in [-0.05, 0) is 33.3 Å². The maximum absolute atomic E-state index is 6.10. The Labute approximate surface area is 155 Å². The summed E-state index contributed by atoms with van der Waals surface area (Å²) in [7, 11) is 0. The van der Waals surface area contributed by atoms with E-state index in [-0.39, 0.29) is 0 Å². The Balaban J connectivity index is 1.45. The zero-order chi connectivity index (χ0) is 18.3. The fourth-order valence-corrected chi connectivity index (χ4v) is 4.51. The molecule has 1 aromatic heterocycles. The second kappa shape index (κ2) is 7.14. The number of likely N-dealkylation sites (tertiary alicyclic amines) is 1. The average Bonchev–Trinajstić information content (AvgIpc) is 3.12. The molecular formula is C21H29N3O2. The maximum atomic E-state index is 6.10. The van der Waals surface area contributed by atoms with Gasteiger partial charge in [0.15, 0.2) is 0 Å². The first-order valence-electron chi connectivity index (χ1n) is 9.56. The van der Waals surface area contributed by atoms with Crippen molar-refractivity contribution in [1.82, 2.24) is 15.0 Å². The predicted octanol–water partition coefficient (Wildman–Crippen LogP) is 2.99. The van der Waals surface area contributed by atoms with Crippen molar-refractivity contribution in [3.63, 3.8) is 0 Å². The molecule has 5 nitrogen and oxygen atoms in total. The molecule has 0 bridgehead atoms. The molecule has 26 heavy (non-hydrogen) atoms. The van der Waals surface area contributed by atoms with Crippen molar-refractivity contribution in [2.24, 2.45) is 0 Å². The number of hydrogen-bond acceptors (Lipinski definition) is 5. The van der Waals surface area contributed by atoms with Crippen LogP contribution in [0.2, 0.25) is 0 Å². The van der Waals surface area contributed by atoms with Gasteiger partial charge in [-0.25, -0.2) is 0 Å². The zero-order valence-electron chi connectivity index (χ0n) is 16.3. The third kappa shape index (κ3) is 3.56. The molecule has 0 saturated carbocycles. The quantitative estimate of drug-likeness (QED) is 0.843. The van der Waals surface area contributed by atoms with Crippen LogP contribution >= 0.6 is 0 Å². The van der Waals surface area contributed by atoms with E-state index in [4.69, 9.17) is 9.26 Å². The number of aryl methyl sites for hydroxylation is 4. The molecule has 0 radical (unpaired) electrons. The Morgan fingerprint density at radius 2 is 1.81 bits per heavy atom. The summed E-state index contributed by atoms with van der Waals surface area (Å²) in [6.07, 6.45) is 0.301. The van der Waals surface area contributed by atoms with Gasteiger partial charge in [-0.1, -0.05) is 34.5 Å². The number of fused-ring (bicyclic) bond motifs is 1. The fraction of sp³-hybridized carbons (Fsp3) is 0.571. The molecule has 3 heterocycles. The van der Waals surface area contributed by atoms with Crippen LogP contribution in [0.1, 0.15) is 33.7 Å². The first-order valence-corrected chi connectivity index (χ1v) is 9.56. The fourth-order valence-electron chi connectivity index (χ4n) is 4.51. The van der Waals surface area contributed by atoms with E-state index in [1.807, 2.05) is 13.8 Å². The summed E-state index contributed by atoms with van der Waals surface area (Å²) in [4.78, 5) is 5.09. The SMILES string of the molecule is Cc1cc(C)cc(CN2C[C@H]3OCCN(Cc4c(C)noc4C)[C@H]3C2)c1. The van der Waals surface area contributed by atoms with Crippen molar-refractivity contribution in [3.8, 4) is 0 Å². The number of nitrogens with zero attached hydrogens (tertiary/aromatic N) is 3. The zero-order valence-corrected chi connectivity index (χ0v) is 16.3. The van der Waals surface area contributed by atoms with Gasteiger partial charge in [0.05, 0.1) is 24.4 Å². The highest BCUT2D eigenvalue weighted by molar-refractivity contribution is 5.28. The molecule has 5 heteroatoms. The molecule has 0 spiro atoms. The Kier molecular flexibility index (Phi) is 4.86. The van der Waals surface area contributed by atoms with E-state index >= 15 is 0 Å². The van der Waals surface area contributed by atoms with Crippen LogP contribution in [0.25, 0.3) is 0 Å². The van der Waals surface area contributed by atoms with Crippen LogP contribution in [0.15, 0.2) is 22.7 Å². The molecule has 2 aromatic rings. The molecule has 2 aliphatic heterocycles. The lowest BCUT2D eigenvalue weighted by Crippen LogP contribution is -2.50. The van der Waals surface area contributed by atoms with Gasteiger partial charge in [0, 0.05) is 38.3 Å². The molecule has 0 amide bonds. The standard InChI is InChI=1S/C21H29N3O2/c1-14-7-15(2)9-18(8-14)10-23-12-20-21(13-23)25-6-5-24(20)11-19-16(3)22-26-17(19)4/h7-9,20-21H,5-6,10-13H2,1-4H3/t20-,21+/m0/s1. The summed E-state index contributed by atoms with van der Waals surface area (Å²) in [6, 6.07) is 7.29. The van der Waals surface area contributed by atoms with Crippen molar-refractivity contribution in [3.05, 3.63) is 51.9 Å². The molecule has 0 aliphatic carbocycles. The van der Waals surface area contributed by atoms with Gasteiger partial charge in [0.25, 0.3) is 0 Å². The van der Waals surface area contributed by atoms with E-state index in [0.717, 1.165) is 50.8 Å². The molecule has 2 saturated heterocycles. The highest BCUT2D eigenvalue weighted by atomic mass is 16.5. The molecule has 2 atom stereocenters. The predicted molar refractivity (Wildman–Crippen MR) is 101 cm³/mol. The Hall–Kier alpha value is -1.69. The molecule has 140 valence electrons. The second-order valence-corrected chi connectivity index (χ2v) is 7.94. The van der Waals surface area contributed by atoms with Crippen molar-refractivity contribution in [2.75, 3.05) is 26.2 Å². The number of hydrogen-bond donors (Lipinski definition) is 0. The minimum absolute atomic E-state index is 0.301. The number of aromatic nitrogens is 1. The summed E-state index contributed by atoms with van der Waals surface area (Å²) in [5.74, 6) is 0.940. The molecule has 1 aromatic carbocycles. The van der Waals surface area contributed by atoms with Crippen molar-refractivity contribution >= 4 is 0 Å². The van der Waals surface area contributed by atoms with E-state index in [9.17, 15) is 0 Å². The normalized spacial score (nSPS) is 24.2. The molecular weight excluding hydrogens is 326 g/mol. The third-order valence-electron chi connectivity index (χ3n) is 5.72. The summed E-state index contributed by atoms with van der Waals surface area (Å²) in [5, 5.41) is 4.11. The Morgan fingerprint density at radius 1 is 1.04 bits per heavy atom. The van der Waals surface area contributed by atoms with Crippen LogP contribution in [0.4, 0.5) is 0 Å². The number of rotatable bonds is 4. The molecule has 0 N–H and O–H groups in total. The molecule has 0 unspecified atom stereocenters. The summed E-state index contributed by atoms with van der Waals surface area (Å²) in [6.45, 7) is 14.1. The smallest absolute Gasteiger partial charge is 0.138 e. The van der Waals surface area contributed by atoms with Crippen molar-refractivity contribution < 1.29 is 9.26 Å². The first kappa shape index (κ1) is 17.7. The van der Waals surface area contributed by atoms with E-state index in [1.165, 1.54) is 22.3 Å². The minimum atomic E-state index is 0.301. The van der Waals surface area contributed by atoms with Crippen LogP contribution in [0.5, 0.6) is 0 Å². The number of benzene rings is 1. The van der Waals surface area contributed by atoms with Crippen molar-refractivity contribution in [1.29, 1.82) is 0 Å². The van der Waals surface area contributed by atoms with Gasteiger partial charge in [0.1, 0.15) is 5.76 Å². The lowest BCUT2D eigenvalue weighted by atomic mass is 10.1. The Morgan fingerprint density at radius 3 is 2.50 bits per heavy atom. The largest absolute Gasteiger partial charge is 0.374 e. The van der Waals surface area contributed by atoms with E-state index in [2.05, 4.69) is 47.0 Å². The molecule has 4 rings (SSSR count). The average molecular weight is 355 g/mol. The van der Waals surface area contributed by atoms with Crippen LogP contribution in [0.3, 0.4) is 0 Å². The molecule has 2 aliphatic rings. The van der Waals surface area contributed by atoms with Gasteiger partial charge in [0.2, 0.25) is 0 Å². The highest BCUT2D eigenvalue weighted by Crippen LogP contribution is 2.27. The highest BCUT2D eigenvalue weighted by Gasteiger charge is 2.40. The number of morpholine rings is 1. The van der Waals surface area contributed by atoms with Gasteiger partial charge >= 0.3 is 0 Å². The van der Waals surface area contributed by atoms with Gasteiger partial charge in [-0.3, -0.25) is 9.80 Å². The summed E-state index contributed by atoms with van der Waals surface area (Å²) >= 11 is 0. The van der Waals surface area contributed by atoms with Crippen LogP contribution < -0.4 is 0 Å². The van der Waals surface area contributed by atoms with Crippen LogP contribution in [-0.2, 0) is 17.8 Å². The van der Waals surface area contributed by atoms with Gasteiger partial charge in [-0.2, -0.15) is 0 Å². The monoisotopic (exact) mass is 355 g/mol. The lowest BCUT2D eigenvalue weighted by molar-refractivity contribution is -0.0506. The van der Waals surface area contributed by atoms with Crippen LogP contribution in [0, 0.1) is 27.7 Å². The molecule has 2 fully saturated rings. The minimum Gasteiger partial charge on any atom is -0.374 e. The van der Waals surface area contributed by atoms with E-state index in [1.54, 1.807) is 0 Å². The summed E-state index contributed by atoms with van der Waals surface area (Å²) in [5.41, 5.74) is 6.33. The first-order chi connectivity index (χ1) is 12.5. The Bertz CT molecular complexity index is 746. The number of ether oxygens (including phenoxy) is 1.